The highest BCUT2D eigenvalue weighted by molar-refractivity contribution is 5.97. The Morgan fingerprint density at radius 2 is 1.90 bits per heavy atom. The molecular weight excluding hydrogens is 130 g/mol. The van der Waals surface area contributed by atoms with Crippen molar-refractivity contribution in [3.63, 3.8) is 0 Å². The molecule has 0 atom stereocenters. The molecule has 0 aromatic rings. The lowest BCUT2D eigenvalue weighted by atomic mass is 10.2. The Hall–Kier alpha value is -1.38. The van der Waals surface area contributed by atoms with Gasteiger partial charge in [0.15, 0.2) is 5.78 Å². The lowest BCUT2D eigenvalue weighted by Gasteiger charge is -1.87. The molecule has 0 saturated heterocycles. The fraction of sp³-hybridized carbons (Fsp3) is 0.143. The van der Waals surface area contributed by atoms with E-state index in [0.717, 1.165) is 6.08 Å². The van der Waals surface area contributed by atoms with Crippen LogP contribution in [0.2, 0.25) is 0 Å². The lowest BCUT2D eigenvalue weighted by molar-refractivity contribution is -0.113. The maximum atomic E-state index is 10.5. The largest absolute Gasteiger partial charge is 0.366 e. The van der Waals surface area contributed by atoms with Crippen molar-refractivity contribution in [3.05, 3.63) is 24.3 Å². The molecule has 3 nitrogen and oxygen atoms in total. The molecule has 0 aliphatic heterocycles. The van der Waals surface area contributed by atoms with Gasteiger partial charge in [-0.3, -0.25) is 9.59 Å². The third-order valence-electron chi connectivity index (χ3n) is 0.901. The van der Waals surface area contributed by atoms with Crippen LogP contribution in [-0.2, 0) is 9.59 Å². The molecule has 0 bridgehead atoms. The number of allylic oxidation sites excluding steroid dienone is 2. The van der Waals surface area contributed by atoms with Gasteiger partial charge in [-0.1, -0.05) is 6.58 Å². The zero-order valence-electron chi connectivity index (χ0n) is 5.76. The third-order valence-corrected chi connectivity index (χ3v) is 0.901. The normalized spacial score (nSPS) is 9.70. The average molecular weight is 139 g/mol. The summed E-state index contributed by atoms with van der Waals surface area (Å²) < 4.78 is 0. The predicted molar refractivity (Wildman–Crippen MR) is 38.2 cm³/mol. The molecular formula is C7H9NO2. The molecule has 54 valence electrons. The van der Waals surface area contributed by atoms with Gasteiger partial charge >= 0.3 is 0 Å². The topological polar surface area (TPSA) is 60.2 Å². The van der Waals surface area contributed by atoms with Gasteiger partial charge < -0.3 is 5.73 Å². The van der Waals surface area contributed by atoms with Gasteiger partial charge in [0.2, 0.25) is 5.91 Å². The van der Waals surface area contributed by atoms with Crippen LogP contribution >= 0.6 is 0 Å². The molecule has 0 aromatic heterocycles. The minimum atomic E-state index is -0.581. The number of nitrogens with two attached hydrogens (primary N) is 1. The zero-order valence-corrected chi connectivity index (χ0v) is 5.76. The van der Waals surface area contributed by atoms with Crippen molar-refractivity contribution < 1.29 is 9.59 Å². The third kappa shape index (κ3) is 3.60. The summed E-state index contributed by atoms with van der Waals surface area (Å²) >= 11 is 0. The van der Waals surface area contributed by atoms with E-state index in [-0.39, 0.29) is 11.4 Å². The van der Waals surface area contributed by atoms with Crippen molar-refractivity contribution in [2.45, 2.75) is 6.92 Å². The van der Waals surface area contributed by atoms with Crippen molar-refractivity contribution in [2.24, 2.45) is 5.73 Å². The van der Waals surface area contributed by atoms with E-state index >= 15 is 0 Å². The molecule has 1 amide bonds. The SMILES string of the molecule is C=C(/C=C\C(N)=O)C(C)=O. The highest BCUT2D eigenvalue weighted by Gasteiger charge is 1.93. The van der Waals surface area contributed by atoms with Crippen LogP contribution < -0.4 is 5.73 Å². The molecule has 0 aliphatic rings. The van der Waals surface area contributed by atoms with Gasteiger partial charge in [0, 0.05) is 11.6 Å². The van der Waals surface area contributed by atoms with E-state index in [1.54, 1.807) is 0 Å². The number of hydrogen-bond donors (Lipinski definition) is 1. The fourth-order valence-electron chi connectivity index (χ4n) is 0.300. The Morgan fingerprint density at radius 3 is 2.20 bits per heavy atom. The Labute approximate surface area is 59.2 Å². The molecule has 0 fully saturated rings. The lowest BCUT2D eigenvalue weighted by Crippen LogP contribution is -2.06. The molecule has 0 rings (SSSR count). The van der Waals surface area contributed by atoms with Gasteiger partial charge in [-0.05, 0) is 13.0 Å². The van der Waals surface area contributed by atoms with E-state index in [0.29, 0.717) is 0 Å². The first kappa shape index (κ1) is 8.62. The number of primary amides is 1. The minimum absolute atomic E-state index is 0.169. The Bertz CT molecular complexity index is 204. The molecule has 3 heteroatoms. The highest BCUT2D eigenvalue weighted by Crippen LogP contribution is 1.92. The second kappa shape index (κ2) is 3.61. The summed E-state index contributed by atoms with van der Waals surface area (Å²) in [5.74, 6) is -0.750. The quantitative estimate of drug-likeness (QED) is 0.447. The summed E-state index contributed by atoms with van der Waals surface area (Å²) in [6, 6.07) is 0. The van der Waals surface area contributed by atoms with Gasteiger partial charge in [0.05, 0.1) is 0 Å². The maximum absolute atomic E-state index is 10.5. The molecule has 0 spiro atoms. The van der Waals surface area contributed by atoms with E-state index < -0.39 is 5.91 Å². The van der Waals surface area contributed by atoms with Crippen molar-refractivity contribution in [1.82, 2.24) is 0 Å². The van der Waals surface area contributed by atoms with Crippen LogP contribution in [-0.4, -0.2) is 11.7 Å². The Morgan fingerprint density at radius 1 is 1.40 bits per heavy atom. The number of amides is 1. The Balaban J connectivity index is 4.03. The first-order chi connectivity index (χ1) is 4.54. The van der Waals surface area contributed by atoms with Crippen LogP contribution in [0.5, 0.6) is 0 Å². The summed E-state index contributed by atoms with van der Waals surface area (Å²) in [6.07, 6.45) is 2.40. The average Bonchev–Trinajstić information content (AvgIpc) is 1.82. The van der Waals surface area contributed by atoms with Gasteiger partial charge in [-0.25, -0.2) is 0 Å². The molecule has 0 saturated carbocycles. The van der Waals surface area contributed by atoms with Crippen LogP contribution in [0, 0.1) is 0 Å². The number of carbonyl (C=O) groups excluding carboxylic acids is 2. The zero-order chi connectivity index (χ0) is 8.15. The van der Waals surface area contributed by atoms with Crippen molar-refractivity contribution in [1.29, 1.82) is 0 Å². The fourth-order valence-corrected chi connectivity index (χ4v) is 0.300. The highest BCUT2D eigenvalue weighted by atomic mass is 16.1. The second-order valence-corrected chi connectivity index (χ2v) is 1.82. The molecule has 2 N–H and O–H groups in total. The van der Waals surface area contributed by atoms with Crippen LogP contribution in [0.25, 0.3) is 0 Å². The van der Waals surface area contributed by atoms with Crippen LogP contribution in [0.1, 0.15) is 6.92 Å². The van der Waals surface area contributed by atoms with Crippen molar-refractivity contribution >= 4 is 11.7 Å². The van der Waals surface area contributed by atoms with E-state index in [2.05, 4.69) is 6.58 Å². The Kier molecular flexibility index (Phi) is 3.11. The van der Waals surface area contributed by atoms with Crippen LogP contribution in [0.3, 0.4) is 0 Å². The number of hydrogen-bond acceptors (Lipinski definition) is 2. The standard InChI is InChI=1S/C7H9NO2/c1-5(6(2)9)3-4-7(8)10/h3-4H,1H2,2H3,(H2,8,10)/b4-3-. The summed E-state index contributed by atoms with van der Waals surface area (Å²) in [4.78, 5) is 20.6. The van der Waals surface area contributed by atoms with E-state index in [1.165, 1.54) is 13.0 Å². The summed E-state index contributed by atoms with van der Waals surface area (Å²) in [7, 11) is 0. The molecule has 0 aromatic carbocycles. The first-order valence-electron chi connectivity index (χ1n) is 2.71. The minimum Gasteiger partial charge on any atom is -0.366 e. The van der Waals surface area contributed by atoms with Crippen LogP contribution in [0.4, 0.5) is 0 Å². The second-order valence-electron chi connectivity index (χ2n) is 1.82. The van der Waals surface area contributed by atoms with Crippen molar-refractivity contribution in [2.75, 3.05) is 0 Å². The smallest absolute Gasteiger partial charge is 0.241 e. The summed E-state index contributed by atoms with van der Waals surface area (Å²) in [6.45, 7) is 4.75. The molecule has 10 heavy (non-hydrogen) atoms. The van der Waals surface area contributed by atoms with Gasteiger partial charge in [0.1, 0.15) is 0 Å². The number of carbonyl (C=O) groups is 2. The van der Waals surface area contributed by atoms with Gasteiger partial charge in [-0.15, -0.1) is 0 Å². The number of rotatable bonds is 3. The molecule has 0 unspecified atom stereocenters. The van der Waals surface area contributed by atoms with Gasteiger partial charge in [0.25, 0.3) is 0 Å². The number of Topliss-reactive ketones (excluding diaryl/α,β-unsaturated/α-hetero) is 1. The molecule has 0 radical (unpaired) electrons. The van der Waals surface area contributed by atoms with Gasteiger partial charge in [-0.2, -0.15) is 0 Å². The number of ketones is 1. The van der Waals surface area contributed by atoms with E-state index in [4.69, 9.17) is 5.73 Å². The molecule has 0 heterocycles. The van der Waals surface area contributed by atoms with Crippen LogP contribution in [0.15, 0.2) is 24.3 Å². The maximum Gasteiger partial charge on any atom is 0.241 e. The van der Waals surface area contributed by atoms with E-state index in [1.807, 2.05) is 0 Å². The monoisotopic (exact) mass is 139 g/mol. The summed E-state index contributed by atoms with van der Waals surface area (Å²) in [5.41, 5.74) is 5.04. The molecule has 0 aliphatic carbocycles. The summed E-state index contributed by atoms with van der Waals surface area (Å²) in [5, 5.41) is 0. The van der Waals surface area contributed by atoms with Crippen molar-refractivity contribution in [3.8, 4) is 0 Å². The first-order valence-corrected chi connectivity index (χ1v) is 2.71. The van der Waals surface area contributed by atoms with E-state index in [9.17, 15) is 9.59 Å². The predicted octanol–water partition coefficient (Wildman–Crippen LogP) is 0.173.